The highest BCUT2D eigenvalue weighted by Crippen LogP contribution is 2.34. The van der Waals surface area contributed by atoms with Crippen molar-refractivity contribution in [2.45, 2.75) is 51.1 Å². The molecule has 3 N–H and O–H groups in total. The van der Waals surface area contributed by atoms with Gasteiger partial charge in [-0.3, -0.25) is 4.99 Å². The maximum Gasteiger partial charge on any atom is 0.163 e. The minimum absolute atomic E-state index is 0.0916. The van der Waals surface area contributed by atoms with E-state index in [1.807, 2.05) is 19.1 Å². The lowest BCUT2D eigenvalue weighted by Gasteiger charge is -2.31. The lowest BCUT2D eigenvalue weighted by Crippen LogP contribution is -2.46. The number of phenolic OH excluding ortho intramolecular Hbond substituents is 1. The molecule has 0 amide bonds. The number of benzene rings is 1. The topological polar surface area (TPSA) is 65.9 Å². The molecule has 126 valence electrons. The Bertz CT molecular complexity index is 553. The molecule has 0 saturated heterocycles. The third kappa shape index (κ3) is 3.78. The van der Waals surface area contributed by atoms with Crippen molar-refractivity contribution in [2.24, 2.45) is 4.99 Å². The van der Waals surface area contributed by atoms with Crippen LogP contribution in [0.3, 0.4) is 0 Å². The van der Waals surface area contributed by atoms with Gasteiger partial charge in [0.25, 0.3) is 0 Å². The number of hydrogen-bond donors (Lipinski definition) is 3. The summed E-state index contributed by atoms with van der Waals surface area (Å²) in [5.41, 5.74) is 0.831. The van der Waals surface area contributed by atoms with E-state index in [0.717, 1.165) is 24.5 Å². The molecule has 1 aromatic carbocycles. The van der Waals surface area contributed by atoms with Gasteiger partial charge < -0.3 is 20.5 Å². The van der Waals surface area contributed by atoms with E-state index in [1.165, 1.54) is 32.1 Å². The third-order valence-corrected chi connectivity index (χ3v) is 4.61. The average Bonchev–Trinajstić information content (AvgIpc) is 2.59. The first-order valence-electron chi connectivity index (χ1n) is 8.78. The van der Waals surface area contributed by atoms with Crippen LogP contribution in [0.4, 0.5) is 0 Å². The van der Waals surface area contributed by atoms with Crippen molar-refractivity contribution >= 4 is 5.84 Å². The molecule has 2 aliphatic rings. The van der Waals surface area contributed by atoms with Gasteiger partial charge in [-0.15, -0.1) is 0 Å². The molecule has 1 saturated carbocycles. The van der Waals surface area contributed by atoms with Crippen LogP contribution >= 0.6 is 0 Å². The Morgan fingerprint density at radius 3 is 2.91 bits per heavy atom. The summed E-state index contributed by atoms with van der Waals surface area (Å²) in [6, 6.07) is 6.08. The number of para-hydroxylation sites is 1. The summed E-state index contributed by atoms with van der Waals surface area (Å²) in [4.78, 5) is 4.69. The smallest absolute Gasteiger partial charge is 0.163 e. The normalized spacial score (nSPS) is 22.5. The standard InChI is InChI=1S/C18H27N3O2/c1-2-23-15-10-6-9-14(17(15)22)16-18(20-12-11-19-16)21-13-7-4-3-5-8-13/h6,9-10,13,16,19,22H,2-5,7-8,11-12H2,1H3,(H,20,21)/t16-/m0/s1. The van der Waals surface area contributed by atoms with Crippen molar-refractivity contribution in [3.8, 4) is 11.5 Å². The summed E-state index contributed by atoms with van der Waals surface area (Å²) < 4.78 is 5.52. The predicted molar refractivity (Wildman–Crippen MR) is 92.3 cm³/mol. The SMILES string of the molecule is CCOc1cccc([C@@H]2NCCN=C2NC2CCCCC2)c1O. The maximum atomic E-state index is 10.5. The lowest BCUT2D eigenvalue weighted by atomic mass is 9.94. The molecular weight excluding hydrogens is 290 g/mol. The Morgan fingerprint density at radius 1 is 1.30 bits per heavy atom. The van der Waals surface area contributed by atoms with Crippen molar-refractivity contribution in [3.63, 3.8) is 0 Å². The van der Waals surface area contributed by atoms with Crippen LogP contribution in [0.15, 0.2) is 23.2 Å². The fraction of sp³-hybridized carbons (Fsp3) is 0.611. The van der Waals surface area contributed by atoms with Gasteiger partial charge in [-0.2, -0.15) is 0 Å². The number of aliphatic imine (C=N–C) groups is 1. The van der Waals surface area contributed by atoms with Gasteiger partial charge in [0.2, 0.25) is 0 Å². The average molecular weight is 317 g/mol. The Balaban J connectivity index is 1.80. The van der Waals surface area contributed by atoms with Gasteiger partial charge in [0.15, 0.2) is 11.5 Å². The zero-order valence-corrected chi connectivity index (χ0v) is 13.8. The molecule has 1 fully saturated rings. The van der Waals surface area contributed by atoms with E-state index in [-0.39, 0.29) is 11.8 Å². The Hall–Kier alpha value is -1.75. The van der Waals surface area contributed by atoms with E-state index >= 15 is 0 Å². The first-order chi connectivity index (χ1) is 11.3. The van der Waals surface area contributed by atoms with Gasteiger partial charge in [0.1, 0.15) is 5.84 Å². The Kier molecular flexibility index (Phi) is 5.39. The molecule has 0 radical (unpaired) electrons. The maximum absolute atomic E-state index is 10.5. The highest BCUT2D eigenvalue weighted by molar-refractivity contribution is 5.90. The molecule has 3 rings (SSSR count). The van der Waals surface area contributed by atoms with E-state index < -0.39 is 0 Å². The van der Waals surface area contributed by atoms with Gasteiger partial charge in [-0.1, -0.05) is 31.4 Å². The van der Waals surface area contributed by atoms with E-state index in [1.54, 1.807) is 6.07 Å². The molecule has 1 heterocycles. The number of nitrogens with zero attached hydrogens (tertiary/aromatic N) is 1. The number of ether oxygens (including phenoxy) is 1. The molecule has 1 aromatic rings. The molecule has 23 heavy (non-hydrogen) atoms. The molecule has 5 heteroatoms. The molecule has 5 nitrogen and oxygen atoms in total. The predicted octanol–water partition coefficient (Wildman–Crippen LogP) is 2.76. The molecule has 0 bridgehead atoms. The van der Waals surface area contributed by atoms with Crippen LogP contribution in [0, 0.1) is 0 Å². The number of rotatable bonds is 4. The van der Waals surface area contributed by atoms with Crippen LogP contribution in [0.2, 0.25) is 0 Å². The molecule has 1 aliphatic heterocycles. The fourth-order valence-electron chi connectivity index (χ4n) is 3.46. The first-order valence-corrected chi connectivity index (χ1v) is 8.78. The lowest BCUT2D eigenvalue weighted by molar-refractivity contribution is 0.315. The second-order valence-corrected chi connectivity index (χ2v) is 6.26. The van der Waals surface area contributed by atoms with Crippen LogP contribution in [-0.2, 0) is 0 Å². The quantitative estimate of drug-likeness (QED) is 0.799. The molecular formula is C18H27N3O2. The second kappa shape index (κ2) is 7.68. The van der Waals surface area contributed by atoms with Crippen LogP contribution < -0.4 is 15.4 Å². The minimum atomic E-state index is -0.0916. The number of aromatic hydroxyl groups is 1. The summed E-state index contributed by atoms with van der Waals surface area (Å²) in [6.45, 7) is 4.05. The van der Waals surface area contributed by atoms with Gasteiger partial charge in [0.05, 0.1) is 19.2 Å². The van der Waals surface area contributed by atoms with E-state index in [9.17, 15) is 5.11 Å². The van der Waals surface area contributed by atoms with Crippen molar-refractivity contribution in [3.05, 3.63) is 23.8 Å². The van der Waals surface area contributed by atoms with Crippen LogP contribution in [-0.4, -0.2) is 36.7 Å². The van der Waals surface area contributed by atoms with Crippen molar-refractivity contribution < 1.29 is 9.84 Å². The largest absolute Gasteiger partial charge is 0.504 e. The Morgan fingerprint density at radius 2 is 2.13 bits per heavy atom. The molecule has 0 aromatic heterocycles. The molecule has 1 aliphatic carbocycles. The van der Waals surface area contributed by atoms with Crippen LogP contribution in [0.1, 0.15) is 50.6 Å². The molecule has 0 spiro atoms. The van der Waals surface area contributed by atoms with Gasteiger partial charge in [0, 0.05) is 18.2 Å². The number of nitrogens with one attached hydrogen (secondary N) is 2. The summed E-state index contributed by atoms with van der Waals surface area (Å²) >= 11 is 0. The summed E-state index contributed by atoms with van der Waals surface area (Å²) in [5, 5.41) is 17.6. The monoisotopic (exact) mass is 317 g/mol. The Labute approximate surface area is 138 Å². The zero-order chi connectivity index (χ0) is 16.1. The highest BCUT2D eigenvalue weighted by atomic mass is 16.5. The number of amidine groups is 1. The van der Waals surface area contributed by atoms with Crippen molar-refractivity contribution in [1.82, 2.24) is 10.6 Å². The number of phenols is 1. The zero-order valence-electron chi connectivity index (χ0n) is 13.8. The van der Waals surface area contributed by atoms with Crippen LogP contribution in [0.5, 0.6) is 11.5 Å². The molecule has 1 atom stereocenters. The first kappa shape index (κ1) is 16.1. The summed E-state index contributed by atoms with van der Waals surface area (Å²) in [7, 11) is 0. The highest BCUT2D eigenvalue weighted by Gasteiger charge is 2.27. The summed E-state index contributed by atoms with van der Waals surface area (Å²) in [5.74, 6) is 1.70. The third-order valence-electron chi connectivity index (χ3n) is 4.61. The minimum Gasteiger partial charge on any atom is -0.504 e. The number of hydrogen-bond acceptors (Lipinski definition) is 5. The fourth-order valence-corrected chi connectivity index (χ4v) is 3.46. The van der Waals surface area contributed by atoms with Crippen LogP contribution in [0.25, 0.3) is 0 Å². The van der Waals surface area contributed by atoms with E-state index in [0.29, 0.717) is 18.4 Å². The van der Waals surface area contributed by atoms with E-state index in [2.05, 4.69) is 15.6 Å². The van der Waals surface area contributed by atoms with Crippen molar-refractivity contribution in [1.29, 1.82) is 0 Å². The van der Waals surface area contributed by atoms with Gasteiger partial charge in [-0.25, -0.2) is 0 Å². The molecule has 0 unspecified atom stereocenters. The van der Waals surface area contributed by atoms with Gasteiger partial charge in [-0.05, 0) is 25.8 Å². The van der Waals surface area contributed by atoms with Gasteiger partial charge >= 0.3 is 0 Å². The second-order valence-electron chi connectivity index (χ2n) is 6.26. The summed E-state index contributed by atoms with van der Waals surface area (Å²) in [6.07, 6.45) is 6.32. The van der Waals surface area contributed by atoms with Crippen molar-refractivity contribution in [2.75, 3.05) is 19.7 Å². The van der Waals surface area contributed by atoms with E-state index in [4.69, 9.17) is 4.74 Å².